The molecule has 1 aromatic heterocycles. The Labute approximate surface area is 76.2 Å². The molecule has 0 N–H and O–H groups in total. The molecule has 0 radical (unpaired) electrons. The lowest BCUT2D eigenvalue weighted by Gasteiger charge is -2.03. The summed E-state index contributed by atoms with van der Waals surface area (Å²) >= 11 is 8.14. The van der Waals surface area contributed by atoms with E-state index in [1.165, 1.54) is 5.56 Å². The van der Waals surface area contributed by atoms with Crippen LogP contribution in [0, 0.1) is 11.8 Å². The number of halogens is 1. The van der Waals surface area contributed by atoms with Gasteiger partial charge in [-0.3, -0.25) is 0 Å². The lowest BCUT2D eigenvalue weighted by Crippen LogP contribution is -1.97. The summed E-state index contributed by atoms with van der Waals surface area (Å²) in [7, 11) is 0. The van der Waals surface area contributed by atoms with Gasteiger partial charge in [0.25, 0.3) is 0 Å². The van der Waals surface area contributed by atoms with E-state index >= 15 is 0 Å². The molecule has 3 atom stereocenters. The van der Waals surface area contributed by atoms with Gasteiger partial charge in [-0.05, 0) is 34.2 Å². The quantitative estimate of drug-likeness (QED) is 0.590. The summed E-state index contributed by atoms with van der Waals surface area (Å²) in [4.78, 5) is -0.0278. The molecule has 0 aliphatic heterocycles. The highest BCUT2D eigenvalue weighted by atomic mass is 35.5. The molecule has 0 spiro atoms. The lowest BCUT2D eigenvalue weighted by atomic mass is 10.2. The van der Waals surface area contributed by atoms with Crippen LogP contribution in [0.4, 0.5) is 0 Å². The minimum Gasteiger partial charge on any atom is -0.152 e. The van der Waals surface area contributed by atoms with Crippen molar-refractivity contribution in [1.82, 2.24) is 0 Å². The average molecular weight is 187 g/mol. The number of hydrogen-bond acceptors (Lipinski definition) is 1. The van der Waals surface area contributed by atoms with Gasteiger partial charge in [0.2, 0.25) is 0 Å². The molecule has 11 heavy (non-hydrogen) atoms. The van der Waals surface area contributed by atoms with Crippen molar-refractivity contribution in [3.05, 3.63) is 22.4 Å². The second-order valence-electron chi connectivity index (χ2n) is 3.36. The van der Waals surface area contributed by atoms with Crippen molar-refractivity contribution in [3.63, 3.8) is 0 Å². The lowest BCUT2D eigenvalue weighted by molar-refractivity contribution is 0.834. The summed E-state index contributed by atoms with van der Waals surface area (Å²) < 4.78 is 0. The normalized spacial score (nSPS) is 42.5. The Hall–Kier alpha value is -0.0100. The maximum atomic E-state index is 6.42. The minimum absolute atomic E-state index is 0.0278. The first kappa shape index (κ1) is 7.63. The standard InChI is InChI=1S/C9H11ClS/c1-6-7(2)9(6,10)8-3-4-11-5-8/h3-7H,1-2H3/t6-,7+,9?. The van der Waals surface area contributed by atoms with Gasteiger partial charge in [0.05, 0.1) is 4.87 Å². The molecule has 1 aromatic rings. The van der Waals surface area contributed by atoms with E-state index in [-0.39, 0.29) is 4.87 Å². The fourth-order valence-electron chi connectivity index (χ4n) is 1.73. The zero-order valence-corrected chi connectivity index (χ0v) is 8.25. The predicted molar refractivity (Wildman–Crippen MR) is 50.2 cm³/mol. The molecular formula is C9H11ClS. The molecule has 0 saturated heterocycles. The fraction of sp³-hybridized carbons (Fsp3) is 0.556. The molecule has 0 amide bonds. The Bertz CT molecular complexity index is 245. The Morgan fingerprint density at radius 1 is 1.45 bits per heavy atom. The first-order valence-electron chi connectivity index (χ1n) is 3.89. The van der Waals surface area contributed by atoms with Crippen LogP contribution in [0.3, 0.4) is 0 Å². The van der Waals surface area contributed by atoms with E-state index in [2.05, 4.69) is 30.7 Å². The van der Waals surface area contributed by atoms with E-state index in [1.807, 2.05) is 0 Å². The maximum Gasteiger partial charge on any atom is 0.0760 e. The third-order valence-electron chi connectivity index (χ3n) is 2.93. The minimum atomic E-state index is -0.0278. The summed E-state index contributed by atoms with van der Waals surface area (Å²) in [5.41, 5.74) is 1.31. The molecule has 1 saturated carbocycles. The summed E-state index contributed by atoms with van der Waals surface area (Å²) in [6.07, 6.45) is 0. The second-order valence-corrected chi connectivity index (χ2v) is 4.76. The molecule has 1 fully saturated rings. The Balaban J connectivity index is 2.32. The molecule has 60 valence electrons. The van der Waals surface area contributed by atoms with Gasteiger partial charge in [-0.15, -0.1) is 11.6 Å². The molecule has 1 aliphatic carbocycles. The van der Waals surface area contributed by atoms with Crippen molar-refractivity contribution in [1.29, 1.82) is 0 Å². The number of alkyl halides is 1. The van der Waals surface area contributed by atoms with E-state index in [4.69, 9.17) is 11.6 Å². The van der Waals surface area contributed by atoms with Crippen molar-refractivity contribution in [2.75, 3.05) is 0 Å². The SMILES string of the molecule is C[C@@H]1[C@H](C)C1(Cl)c1ccsc1. The summed E-state index contributed by atoms with van der Waals surface area (Å²) in [5, 5.41) is 4.25. The van der Waals surface area contributed by atoms with Crippen molar-refractivity contribution < 1.29 is 0 Å². The molecular weight excluding hydrogens is 176 g/mol. The third kappa shape index (κ3) is 0.875. The van der Waals surface area contributed by atoms with Gasteiger partial charge in [-0.25, -0.2) is 0 Å². The van der Waals surface area contributed by atoms with Gasteiger partial charge < -0.3 is 0 Å². The van der Waals surface area contributed by atoms with Crippen LogP contribution >= 0.6 is 22.9 Å². The summed E-state index contributed by atoms with van der Waals surface area (Å²) in [5.74, 6) is 1.28. The van der Waals surface area contributed by atoms with Crippen LogP contribution in [0.5, 0.6) is 0 Å². The molecule has 0 aromatic carbocycles. The van der Waals surface area contributed by atoms with Crippen molar-refractivity contribution in [2.24, 2.45) is 11.8 Å². The molecule has 0 bridgehead atoms. The summed E-state index contributed by atoms with van der Waals surface area (Å²) in [6, 6.07) is 2.14. The first-order chi connectivity index (χ1) is 5.17. The van der Waals surface area contributed by atoms with Crippen molar-refractivity contribution in [2.45, 2.75) is 18.7 Å². The summed E-state index contributed by atoms with van der Waals surface area (Å²) in [6.45, 7) is 4.44. The van der Waals surface area contributed by atoms with Crippen LogP contribution in [0.15, 0.2) is 16.8 Å². The van der Waals surface area contributed by atoms with Crippen LogP contribution in [0.25, 0.3) is 0 Å². The number of hydrogen-bond donors (Lipinski definition) is 0. The zero-order valence-electron chi connectivity index (χ0n) is 6.67. The van der Waals surface area contributed by atoms with Gasteiger partial charge in [0.1, 0.15) is 0 Å². The molecule has 0 nitrogen and oxygen atoms in total. The molecule has 2 heteroatoms. The molecule has 1 aliphatic rings. The molecule has 1 unspecified atom stereocenters. The highest BCUT2D eigenvalue weighted by molar-refractivity contribution is 7.08. The van der Waals surface area contributed by atoms with Crippen LogP contribution in [0.1, 0.15) is 19.4 Å². The van der Waals surface area contributed by atoms with E-state index in [9.17, 15) is 0 Å². The topological polar surface area (TPSA) is 0 Å². The number of thiophene rings is 1. The van der Waals surface area contributed by atoms with Crippen LogP contribution in [-0.2, 0) is 4.87 Å². The third-order valence-corrected chi connectivity index (χ3v) is 4.52. The van der Waals surface area contributed by atoms with Gasteiger partial charge in [-0.2, -0.15) is 11.3 Å². The van der Waals surface area contributed by atoms with Crippen molar-refractivity contribution >= 4 is 22.9 Å². The Morgan fingerprint density at radius 2 is 2.09 bits per heavy atom. The van der Waals surface area contributed by atoms with Gasteiger partial charge in [0.15, 0.2) is 0 Å². The van der Waals surface area contributed by atoms with Crippen molar-refractivity contribution in [3.8, 4) is 0 Å². The van der Waals surface area contributed by atoms with Gasteiger partial charge in [0, 0.05) is 0 Å². The smallest absolute Gasteiger partial charge is 0.0760 e. The number of rotatable bonds is 1. The van der Waals surface area contributed by atoms with Crippen LogP contribution in [0.2, 0.25) is 0 Å². The fourth-order valence-corrected chi connectivity index (χ4v) is 2.95. The predicted octanol–water partition coefficient (Wildman–Crippen LogP) is 3.47. The largest absolute Gasteiger partial charge is 0.152 e. The van der Waals surface area contributed by atoms with E-state index in [0.29, 0.717) is 11.8 Å². The monoisotopic (exact) mass is 186 g/mol. The van der Waals surface area contributed by atoms with Crippen LogP contribution < -0.4 is 0 Å². The van der Waals surface area contributed by atoms with E-state index in [1.54, 1.807) is 11.3 Å². The van der Waals surface area contributed by atoms with Gasteiger partial charge in [-0.1, -0.05) is 13.8 Å². The first-order valence-corrected chi connectivity index (χ1v) is 5.21. The highest BCUT2D eigenvalue weighted by Crippen LogP contribution is 2.62. The molecule has 2 rings (SSSR count). The highest BCUT2D eigenvalue weighted by Gasteiger charge is 2.59. The zero-order chi connectivity index (χ0) is 8.06. The van der Waals surface area contributed by atoms with Crippen LogP contribution in [-0.4, -0.2) is 0 Å². The van der Waals surface area contributed by atoms with E-state index in [0.717, 1.165) is 0 Å². The second kappa shape index (κ2) is 2.24. The molecule has 1 heterocycles. The maximum absolute atomic E-state index is 6.42. The van der Waals surface area contributed by atoms with E-state index < -0.39 is 0 Å². The van der Waals surface area contributed by atoms with Gasteiger partial charge >= 0.3 is 0 Å². The average Bonchev–Trinajstić information content (AvgIpc) is 2.52. The Morgan fingerprint density at radius 3 is 2.45 bits per heavy atom. The Kier molecular flexibility index (Phi) is 1.55.